The molecule has 1 unspecified atom stereocenters. The van der Waals surface area contributed by atoms with Crippen LogP contribution < -0.4 is 0 Å². The summed E-state index contributed by atoms with van der Waals surface area (Å²) < 4.78 is 0. The van der Waals surface area contributed by atoms with Crippen molar-refractivity contribution in [3.63, 3.8) is 0 Å². The quantitative estimate of drug-likeness (QED) is 0.773. The minimum atomic E-state index is 0.198. The van der Waals surface area contributed by atoms with E-state index in [4.69, 9.17) is 11.6 Å². The number of rotatable bonds is 5. The third kappa shape index (κ3) is 3.74. The highest BCUT2D eigenvalue weighted by atomic mass is 35.5. The lowest BCUT2D eigenvalue weighted by Gasteiger charge is -2.22. The van der Waals surface area contributed by atoms with E-state index in [0.717, 1.165) is 12.1 Å². The Hall–Kier alpha value is -0.510. The van der Waals surface area contributed by atoms with Gasteiger partial charge in [0.2, 0.25) is 0 Å². The largest absolute Gasteiger partial charge is 0.302 e. The van der Waals surface area contributed by atoms with Gasteiger partial charge in [0.1, 0.15) is 0 Å². The fraction of sp³-hybridized carbons (Fsp3) is 0.500. The molecule has 1 aliphatic heterocycles. The van der Waals surface area contributed by atoms with Crippen LogP contribution in [0, 0.1) is 0 Å². The average molecular weight is 284 g/mol. The number of carbonyl (C=O) groups is 1. The maximum absolute atomic E-state index is 12.0. The lowest BCUT2D eigenvalue weighted by atomic mass is 10.1. The van der Waals surface area contributed by atoms with E-state index in [1.54, 1.807) is 24.3 Å². The molecule has 0 aliphatic carbocycles. The van der Waals surface area contributed by atoms with Crippen LogP contribution in [0.4, 0.5) is 0 Å². The normalized spacial score (nSPS) is 19.4. The molecule has 2 nitrogen and oxygen atoms in total. The van der Waals surface area contributed by atoms with Gasteiger partial charge in [-0.1, -0.05) is 11.6 Å². The maximum Gasteiger partial charge on any atom is 0.164 e. The summed E-state index contributed by atoms with van der Waals surface area (Å²) in [7, 11) is 2.12. The van der Waals surface area contributed by atoms with Gasteiger partial charge in [-0.2, -0.15) is 11.8 Å². The van der Waals surface area contributed by atoms with Gasteiger partial charge in [0.05, 0.1) is 0 Å². The number of ketones is 1. The topological polar surface area (TPSA) is 20.3 Å². The fourth-order valence-electron chi connectivity index (χ4n) is 2.11. The highest BCUT2D eigenvalue weighted by molar-refractivity contribution is 7.99. The summed E-state index contributed by atoms with van der Waals surface area (Å²) in [6.07, 6.45) is 1.83. The van der Waals surface area contributed by atoms with E-state index in [1.165, 1.54) is 17.9 Å². The number of nitrogens with zero attached hydrogens (tertiary/aromatic N) is 1. The van der Waals surface area contributed by atoms with Crippen molar-refractivity contribution in [2.24, 2.45) is 0 Å². The Balaban J connectivity index is 1.82. The number of benzene rings is 1. The Morgan fingerprint density at radius 1 is 1.44 bits per heavy atom. The summed E-state index contributed by atoms with van der Waals surface area (Å²) in [5.41, 5.74) is 0.758. The van der Waals surface area contributed by atoms with Crippen LogP contribution in [0.5, 0.6) is 0 Å². The third-order valence-corrected chi connectivity index (χ3v) is 4.78. The van der Waals surface area contributed by atoms with E-state index in [1.807, 2.05) is 11.8 Å². The zero-order valence-electron chi connectivity index (χ0n) is 10.6. The second-order valence-corrected chi connectivity index (χ2v) is 6.26. The maximum atomic E-state index is 12.0. The minimum Gasteiger partial charge on any atom is -0.302 e. The summed E-state index contributed by atoms with van der Waals surface area (Å²) in [6, 6.07) is 7.79. The van der Waals surface area contributed by atoms with Crippen molar-refractivity contribution < 1.29 is 4.79 Å². The van der Waals surface area contributed by atoms with Crippen LogP contribution in [0.25, 0.3) is 0 Å². The molecule has 1 aliphatic rings. The molecule has 0 spiro atoms. The lowest BCUT2D eigenvalue weighted by Crippen LogP contribution is -2.33. The van der Waals surface area contributed by atoms with Crippen LogP contribution in [-0.2, 0) is 0 Å². The SMILES string of the molecule is CN(CCC(=O)c1ccc(Cl)cc1)C1CCSC1. The molecule has 2 rings (SSSR count). The second kappa shape index (κ2) is 6.60. The lowest BCUT2D eigenvalue weighted by molar-refractivity contribution is 0.0963. The third-order valence-electron chi connectivity index (χ3n) is 3.39. The zero-order chi connectivity index (χ0) is 13.0. The van der Waals surface area contributed by atoms with Crippen molar-refractivity contribution >= 4 is 29.1 Å². The van der Waals surface area contributed by atoms with Crippen molar-refractivity contribution in [2.45, 2.75) is 18.9 Å². The van der Waals surface area contributed by atoms with Crippen molar-refractivity contribution in [3.8, 4) is 0 Å². The van der Waals surface area contributed by atoms with Crippen molar-refractivity contribution in [1.82, 2.24) is 4.90 Å². The first-order chi connectivity index (χ1) is 8.66. The smallest absolute Gasteiger partial charge is 0.164 e. The first kappa shape index (κ1) is 13.9. The molecule has 0 aromatic heterocycles. The predicted octanol–water partition coefficient (Wildman–Crippen LogP) is 3.35. The molecule has 1 heterocycles. The average Bonchev–Trinajstić information content (AvgIpc) is 2.90. The number of halogens is 1. The van der Waals surface area contributed by atoms with Crippen molar-refractivity contribution in [3.05, 3.63) is 34.9 Å². The van der Waals surface area contributed by atoms with E-state index >= 15 is 0 Å². The second-order valence-electron chi connectivity index (χ2n) is 4.68. The van der Waals surface area contributed by atoms with Gasteiger partial charge in [0.15, 0.2) is 5.78 Å². The van der Waals surface area contributed by atoms with Crippen LogP contribution in [0.15, 0.2) is 24.3 Å². The van der Waals surface area contributed by atoms with Crippen LogP contribution in [0.3, 0.4) is 0 Å². The van der Waals surface area contributed by atoms with E-state index in [2.05, 4.69) is 11.9 Å². The van der Waals surface area contributed by atoms with Gasteiger partial charge in [-0.3, -0.25) is 4.79 Å². The van der Waals surface area contributed by atoms with Crippen LogP contribution >= 0.6 is 23.4 Å². The highest BCUT2D eigenvalue weighted by Crippen LogP contribution is 2.21. The molecule has 0 bridgehead atoms. The van der Waals surface area contributed by atoms with Gasteiger partial charge < -0.3 is 4.90 Å². The Kier molecular flexibility index (Phi) is 5.10. The molecular formula is C14H18ClNOS. The van der Waals surface area contributed by atoms with Gasteiger partial charge >= 0.3 is 0 Å². The van der Waals surface area contributed by atoms with Crippen molar-refractivity contribution in [1.29, 1.82) is 0 Å². The minimum absolute atomic E-state index is 0.198. The van der Waals surface area contributed by atoms with E-state index in [-0.39, 0.29) is 5.78 Å². The van der Waals surface area contributed by atoms with E-state index in [9.17, 15) is 4.79 Å². The molecule has 98 valence electrons. The van der Waals surface area contributed by atoms with Gasteiger partial charge in [-0.05, 0) is 43.5 Å². The molecular weight excluding hydrogens is 266 g/mol. The molecule has 0 amide bonds. The first-order valence-corrected chi connectivity index (χ1v) is 7.77. The Labute approximate surface area is 118 Å². The molecule has 1 saturated heterocycles. The summed E-state index contributed by atoms with van der Waals surface area (Å²) in [5.74, 6) is 2.65. The van der Waals surface area contributed by atoms with E-state index in [0.29, 0.717) is 17.5 Å². The summed E-state index contributed by atoms with van der Waals surface area (Å²) in [5, 5.41) is 0.673. The molecule has 18 heavy (non-hydrogen) atoms. The van der Waals surface area contributed by atoms with Gasteiger partial charge in [-0.25, -0.2) is 0 Å². The van der Waals surface area contributed by atoms with Gasteiger partial charge in [0.25, 0.3) is 0 Å². The molecule has 0 radical (unpaired) electrons. The number of Topliss-reactive ketones (excluding diaryl/α,β-unsaturated/α-hetero) is 1. The number of hydrogen-bond acceptors (Lipinski definition) is 3. The zero-order valence-corrected chi connectivity index (χ0v) is 12.1. The van der Waals surface area contributed by atoms with Gasteiger partial charge in [0, 0.05) is 35.3 Å². The summed E-state index contributed by atoms with van der Waals surface area (Å²) in [6.45, 7) is 0.840. The fourth-order valence-corrected chi connectivity index (χ4v) is 3.53. The molecule has 1 atom stereocenters. The molecule has 0 saturated carbocycles. The van der Waals surface area contributed by atoms with Crippen molar-refractivity contribution in [2.75, 3.05) is 25.1 Å². The van der Waals surface area contributed by atoms with Crippen LogP contribution in [0.1, 0.15) is 23.2 Å². The molecule has 4 heteroatoms. The Morgan fingerprint density at radius 2 is 2.17 bits per heavy atom. The Morgan fingerprint density at radius 3 is 2.78 bits per heavy atom. The monoisotopic (exact) mass is 283 g/mol. The van der Waals surface area contributed by atoms with E-state index < -0.39 is 0 Å². The van der Waals surface area contributed by atoms with Crippen LogP contribution in [0.2, 0.25) is 5.02 Å². The number of hydrogen-bond donors (Lipinski definition) is 0. The molecule has 1 aromatic carbocycles. The van der Waals surface area contributed by atoms with Gasteiger partial charge in [-0.15, -0.1) is 0 Å². The Bertz CT molecular complexity index is 401. The molecule has 1 aromatic rings. The van der Waals surface area contributed by atoms with Crippen LogP contribution in [-0.4, -0.2) is 41.8 Å². The first-order valence-electron chi connectivity index (χ1n) is 6.23. The standard InChI is InChI=1S/C14H18ClNOS/c1-16(13-7-9-18-10-13)8-6-14(17)11-2-4-12(15)5-3-11/h2-5,13H,6-10H2,1H3. The summed E-state index contributed by atoms with van der Waals surface area (Å²) in [4.78, 5) is 14.3. The molecule has 0 N–H and O–H groups in total. The number of carbonyl (C=O) groups excluding carboxylic acids is 1. The summed E-state index contributed by atoms with van der Waals surface area (Å²) >= 11 is 7.81. The predicted molar refractivity (Wildman–Crippen MR) is 78.8 cm³/mol. The molecule has 1 fully saturated rings. The number of thioether (sulfide) groups is 1. The highest BCUT2D eigenvalue weighted by Gasteiger charge is 2.20.